The number of nitrogens with two attached hydrogens (primary N) is 1. The number of rotatable bonds is 2. The Hall–Kier alpha value is -0.860. The van der Waals surface area contributed by atoms with Crippen LogP contribution in [0.15, 0.2) is 24.3 Å². The van der Waals surface area contributed by atoms with Crippen LogP contribution in [0, 0.1) is 0 Å². The van der Waals surface area contributed by atoms with Gasteiger partial charge < -0.3 is 5.73 Å². The quantitative estimate of drug-likeness (QED) is 0.680. The van der Waals surface area contributed by atoms with E-state index in [-0.39, 0.29) is 6.04 Å². The topological polar surface area (TPSA) is 49.8 Å². The number of benzene rings is 1. The average Bonchev–Trinajstić information content (AvgIpc) is 2.05. The molecular weight excluding hydrogens is 136 g/mol. The Labute approximate surface area is 67.2 Å². The van der Waals surface area contributed by atoms with E-state index in [1.54, 1.807) is 0 Å². The molecule has 0 aromatic heterocycles. The van der Waals surface area contributed by atoms with E-state index >= 15 is 0 Å². The van der Waals surface area contributed by atoms with Gasteiger partial charge in [0.1, 0.15) is 0 Å². The van der Waals surface area contributed by atoms with Gasteiger partial charge in [-0.3, -0.25) is 5.73 Å². The molecule has 0 bridgehead atoms. The van der Waals surface area contributed by atoms with E-state index in [1.165, 1.54) is 0 Å². The molecule has 11 heavy (non-hydrogen) atoms. The Morgan fingerprint density at radius 1 is 1.55 bits per heavy atom. The van der Waals surface area contributed by atoms with E-state index in [1.807, 2.05) is 31.2 Å². The molecule has 59 valence electrons. The second-order valence-corrected chi connectivity index (χ2v) is 2.71. The summed E-state index contributed by atoms with van der Waals surface area (Å²) >= 11 is 0. The molecule has 0 fully saturated rings. The van der Waals surface area contributed by atoms with Crippen molar-refractivity contribution in [3.05, 3.63) is 35.4 Å². The van der Waals surface area contributed by atoms with Gasteiger partial charge in [0.15, 0.2) is 0 Å². The predicted octanol–water partition coefficient (Wildman–Crippen LogP) is 1.49. The summed E-state index contributed by atoms with van der Waals surface area (Å²) in [5.74, 6) is 0. The molecule has 0 saturated heterocycles. The predicted molar refractivity (Wildman–Crippen MR) is 45.8 cm³/mol. The summed E-state index contributed by atoms with van der Waals surface area (Å²) in [4.78, 5) is 0. The van der Waals surface area contributed by atoms with Crippen molar-refractivity contribution in [2.24, 2.45) is 5.73 Å². The number of nitrogens with one attached hydrogen (secondary N) is 1. The zero-order valence-corrected chi connectivity index (χ0v) is 6.67. The minimum Gasteiger partial charge on any atom is -0.324 e. The van der Waals surface area contributed by atoms with Gasteiger partial charge in [0.2, 0.25) is 0 Å². The minimum absolute atomic E-state index is 0.0708. The lowest BCUT2D eigenvalue weighted by molar-refractivity contribution is 0.814. The van der Waals surface area contributed by atoms with Gasteiger partial charge >= 0.3 is 0 Å². The largest absolute Gasteiger partial charge is 0.324 e. The first kappa shape index (κ1) is 8.24. The summed E-state index contributed by atoms with van der Waals surface area (Å²) in [7, 11) is 0. The molecule has 1 atom stereocenters. The molecule has 0 saturated carbocycles. The third-order valence-corrected chi connectivity index (χ3v) is 1.68. The first-order chi connectivity index (χ1) is 5.24. The van der Waals surface area contributed by atoms with Gasteiger partial charge in [-0.15, -0.1) is 0 Å². The van der Waals surface area contributed by atoms with Gasteiger partial charge in [-0.2, -0.15) is 0 Å². The van der Waals surface area contributed by atoms with Gasteiger partial charge in [-0.25, -0.2) is 0 Å². The Kier molecular flexibility index (Phi) is 2.63. The summed E-state index contributed by atoms with van der Waals surface area (Å²) in [6.45, 7) is 2.28. The highest BCUT2D eigenvalue weighted by atomic mass is 14.6. The molecule has 0 heterocycles. The maximum atomic E-state index is 7.14. The molecule has 0 aliphatic heterocycles. The minimum atomic E-state index is 0.0708. The maximum absolute atomic E-state index is 7.14. The van der Waals surface area contributed by atoms with Crippen molar-refractivity contribution < 1.29 is 0 Å². The van der Waals surface area contributed by atoms with Crippen LogP contribution in [0.2, 0.25) is 0 Å². The molecule has 1 rings (SSSR count). The van der Waals surface area contributed by atoms with Gasteiger partial charge in [-0.1, -0.05) is 24.3 Å². The van der Waals surface area contributed by atoms with E-state index < -0.39 is 0 Å². The van der Waals surface area contributed by atoms with E-state index in [0.29, 0.717) is 6.54 Å². The molecule has 0 spiro atoms. The fourth-order valence-electron chi connectivity index (χ4n) is 0.986. The van der Waals surface area contributed by atoms with Crippen LogP contribution < -0.4 is 11.5 Å². The summed E-state index contributed by atoms with van der Waals surface area (Å²) in [6.07, 6.45) is 0. The number of hydrogen-bond donors (Lipinski definition) is 1. The number of hydrogen-bond acceptors (Lipinski definition) is 1. The molecule has 3 N–H and O–H groups in total. The molecule has 1 radical (unpaired) electrons. The Bertz CT molecular complexity index is 231. The van der Waals surface area contributed by atoms with Crippen LogP contribution in [0.1, 0.15) is 24.1 Å². The van der Waals surface area contributed by atoms with Crippen molar-refractivity contribution in [3.8, 4) is 0 Å². The van der Waals surface area contributed by atoms with E-state index in [0.717, 1.165) is 11.1 Å². The lowest BCUT2D eigenvalue weighted by Gasteiger charge is -2.05. The molecule has 1 aromatic carbocycles. The highest BCUT2D eigenvalue weighted by molar-refractivity contribution is 5.25. The molecule has 2 nitrogen and oxygen atoms in total. The zero-order chi connectivity index (χ0) is 8.27. The van der Waals surface area contributed by atoms with Gasteiger partial charge in [0.25, 0.3) is 0 Å². The lowest BCUT2D eigenvalue weighted by atomic mass is 10.1. The SMILES string of the molecule is CC(N)c1cccc(C[NH])c1. The Morgan fingerprint density at radius 3 is 2.82 bits per heavy atom. The summed E-state index contributed by atoms with van der Waals surface area (Å²) in [5, 5.41) is 0. The second kappa shape index (κ2) is 3.51. The molecule has 0 aliphatic carbocycles. The highest BCUT2D eigenvalue weighted by Gasteiger charge is 1.98. The standard InChI is InChI=1S/C9H13N2/c1-7(11)9-4-2-3-8(5-9)6-10/h2-5,7,10H,6,11H2,1H3. The third-order valence-electron chi connectivity index (χ3n) is 1.68. The van der Waals surface area contributed by atoms with Crippen LogP contribution in [0.3, 0.4) is 0 Å². The molecular formula is C9H13N2. The van der Waals surface area contributed by atoms with E-state index in [4.69, 9.17) is 11.5 Å². The van der Waals surface area contributed by atoms with Crippen LogP contribution in [0.4, 0.5) is 0 Å². The van der Waals surface area contributed by atoms with E-state index in [9.17, 15) is 0 Å². The third kappa shape index (κ3) is 2.03. The van der Waals surface area contributed by atoms with Gasteiger partial charge in [-0.05, 0) is 18.1 Å². The summed E-state index contributed by atoms with van der Waals surface area (Å²) < 4.78 is 0. The fourth-order valence-corrected chi connectivity index (χ4v) is 0.986. The molecule has 1 aromatic rings. The van der Waals surface area contributed by atoms with Crippen molar-refractivity contribution in [2.45, 2.75) is 19.5 Å². The Morgan fingerprint density at radius 2 is 2.27 bits per heavy atom. The summed E-state index contributed by atoms with van der Waals surface area (Å²) in [5.41, 5.74) is 15.0. The summed E-state index contributed by atoms with van der Waals surface area (Å²) in [6, 6.07) is 7.93. The van der Waals surface area contributed by atoms with Crippen LogP contribution in [-0.4, -0.2) is 0 Å². The zero-order valence-electron chi connectivity index (χ0n) is 6.67. The fraction of sp³-hybridized carbons (Fsp3) is 0.333. The van der Waals surface area contributed by atoms with Crippen LogP contribution in [-0.2, 0) is 6.54 Å². The molecule has 0 amide bonds. The second-order valence-electron chi connectivity index (χ2n) is 2.71. The maximum Gasteiger partial charge on any atom is 0.0351 e. The first-order valence-electron chi connectivity index (χ1n) is 3.73. The highest BCUT2D eigenvalue weighted by Crippen LogP contribution is 2.11. The van der Waals surface area contributed by atoms with Crippen molar-refractivity contribution >= 4 is 0 Å². The smallest absolute Gasteiger partial charge is 0.0351 e. The lowest BCUT2D eigenvalue weighted by Crippen LogP contribution is -2.05. The van der Waals surface area contributed by atoms with E-state index in [2.05, 4.69) is 0 Å². The first-order valence-corrected chi connectivity index (χ1v) is 3.73. The van der Waals surface area contributed by atoms with Crippen molar-refractivity contribution in [1.29, 1.82) is 0 Å². The van der Waals surface area contributed by atoms with Crippen LogP contribution in [0.5, 0.6) is 0 Å². The van der Waals surface area contributed by atoms with Crippen molar-refractivity contribution in [2.75, 3.05) is 0 Å². The van der Waals surface area contributed by atoms with Crippen LogP contribution >= 0.6 is 0 Å². The molecule has 2 heteroatoms. The van der Waals surface area contributed by atoms with Crippen LogP contribution in [0.25, 0.3) is 0 Å². The molecule has 0 aliphatic rings. The van der Waals surface area contributed by atoms with Gasteiger partial charge in [0.05, 0.1) is 0 Å². The normalized spacial score (nSPS) is 13.0. The Balaban J connectivity index is 2.91. The molecule has 1 unspecified atom stereocenters. The van der Waals surface area contributed by atoms with Gasteiger partial charge in [0, 0.05) is 12.6 Å². The monoisotopic (exact) mass is 149 g/mol. The van der Waals surface area contributed by atoms with Crippen molar-refractivity contribution in [3.63, 3.8) is 0 Å². The average molecular weight is 149 g/mol. The van der Waals surface area contributed by atoms with Crippen molar-refractivity contribution in [1.82, 2.24) is 5.73 Å².